The highest BCUT2D eigenvalue weighted by Gasteiger charge is 2.22. The Hall–Kier alpha value is -2.22. The average molecular weight is 406 g/mol. The van der Waals surface area contributed by atoms with Gasteiger partial charge in [-0.2, -0.15) is 0 Å². The molecule has 0 radical (unpaired) electrons. The second-order valence-electron chi connectivity index (χ2n) is 6.73. The van der Waals surface area contributed by atoms with Gasteiger partial charge in [-0.1, -0.05) is 23.7 Å². The molecule has 1 aliphatic heterocycles. The summed E-state index contributed by atoms with van der Waals surface area (Å²) in [5.74, 6) is 0. The Morgan fingerprint density at radius 3 is 2.37 bits per heavy atom. The monoisotopic (exact) mass is 405 g/mol. The molecule has 0 unspecified atom stereocenters. The molecule has 6 nitrogen and oxygen atoms in total. The number of nitrogens with one attached hydrogen (secondary N) is 3. The Morgan fingerprint density at radius 1 is 1.15 bits per heavy atom. The van der Waals surface area contributed by atoms with Crippen LogP contribution in [0, 0.1) is 10.1 Å². The fraction of sp³-hybridized carbons (Fsp3) is 0.316. The van der Waals surface area contributed by atoms with Crippen molar-refractivity contribution in [3.05, 3.63) is 69.2 Å². The average Bonchev–Trinajstić information content (AvgIpc) is 2.65. The zero-order valence-corrected chi connectivity index (χ0v) is 16.4. The van der Waals surface area contributed by atoms with Crippen LogP contribution in [0.3, 0.4) is 0 Å². The molecule has 1 fully saturated rings. The van der Waals surface area contributed by atoms with Crippen LogP contribution < -0.4 is 15.5 Å². The highest BCUT2D eigenvalue weighted by Crippen LogP contribution is 2.15. The summed E-state index contributed by atoms with van der Waals surface area (Å²) in [4.78, 5) is 11.8. The highest BCUT2D eigenvalue weighted by molar-refractivity contribution is 7.80. The molecule has 3 rings (SSSR count). The largest absolute Gasteiger partial charge is 0.359 e. The van der Waals surface area contributed by atoms with Crippen molar-refractivity contribution in [2.24, 2.45) is 0 Å². The van der Waals surface area contributed by atoms with E-state index >= 15 is 0 Å². The van der Waals surface area contributed by atoms with E-state index in [1.807, 2.05) is 12.1 Å². The van der Waals surface area contributed by atoms with Gasteiger partial charge in [0, 0.05) is 47.3 Å². The summed E-state index contributed by atoms with van der Waals surface area (Å²) >= 11 is 11.3. The summed E-state index contributed by atoms with van der Waals surface area (Å²) in [6, 6.07) is 14.6. The number of halogens is 1. The first-order chi connectivity index (χ1) is 13.0. The third-order valence-corrected chi connectivity index (χ3v) is 5.20. The first kappa shape index (κ1) is 19.5. The maximum Gasteiger partial charge on any atom is 0.269 e. The molecule has 0 amide bonds. The topological polar surface area (TPSA) is 71.6 Å². The van der Waals surface area contributed by atoms with E-state index in [9.17, 15) is 10.1 Å². The van der Waals surface area contributed by atoms with Gasteiger partial charge in [-0.15, -0.1) is 0 Å². The number of anilines is 1. The van der Waals surface area contributed by atoms with Crippen LogP contribution in [-0.2, 0) is 6.54 Å². The number of nitrogens with zero attached hydrogens (tertiary/aromatic N) is 1. The SMILES string of the molecule is O=[N+]([O-])c1ccc(NC(=S)NC2CC[NH+](Cc3ccc(Cl)cc3)CC2)cc1. The van der Waals surface area contributed by atoms with Crippen LogP contribution in [0.5, 0.6) is 0 Å². The zero-order valence-electron chi connectivity index (χ0n) is 14.8. The number of rotatable bonds is 5. The van der Waals surface area contributed by atoms with Crippen molar-refractivity contribution in [3.8, 4) is 0 Å². The van der Waals surface area contributed by atoms with E-state index in [-0.39, 0.29) is 5.69 Å². The number of nitro groups is 1. The summed E-state index contributed by atoms with van der Waals surface area (Å²) in [7, 11) is 0. The maximum absolute atomic E-state index is 10.7. The van der Waals surface area contributed by atoms with Crippen molar-refractivity contribution in [1.29, 1.82) is 0 Å². The Balaban J connectivity index is 1.42. The summed E-state index contributed by atoms with van der Waals surface area (Å²) in [6.07, 6.45) is 2.09. The summed E-state index contributed by atoms with van der Waals surface area (Å²) in [5, 5.41) is 18.5. The van der Waals surface area contributed by atoms with Crippen molar-refractivity contribution >= 4 is 40.3 Å². The lowest BCUT2D eigenvalue weighted by molar-refractivity contribution is -0.918. The second-order valence-corrected chi connectivity index (χ2v) is 7.57. The van der Waals surface area contributed by atoms with Gasteiger partial charge in [0.15, 0.2) is 5.11 Å². The van der Waals surface area contributed by atoms with Crippen molar-refractivity contribution in [2.75, 3.05) is 18.4 Å². The normalized spacial score (nSPS) is 19.3. The Bertz CT molecular complexity index is 790. The molecular formula is C19H22ClN4O2S+. The highest BCUT2D eigenvalue weighted by atomic mass is 35.5. The molecular weight excluding hydrogens is 384 g/mol. The third-order valence-electron chi connectivity index (χ3n) is 4.73. The molecule has 142 valence electrons. The number of thiocarbonyl (C=S) groups is 1. The van der Waals surface area contributed by atoms with Gasteiger partial charge in [0.2, 0.25) is 0 Å². The molecule has 0 spiro atoms. The molecule has 1 heterocycles. The predicted octanol–water partition coefficient (Wildman–Crippen LogP) is 2.78. The van der Waals surface area contributed by atoms with Crippen LogP contribution in [0.2, 0.25) is 5.02 Å². The number of hydrogen-bond donors (Lipinski definition) is 3. The first-order valence-electron chi connectivity index (χ1n) is 8.89. The summed E-state index contributed by atoms with van der Waals surface area (Å²) in [6.45, 7) is 3.18. The predicted molar refractivity (Wildman–Crippen MR) is 111 cm³/mol. The molecule has 3 N–H and O–H groups in total. The molecule has 1 aliphatic rings. The summed E-state index contributed by atoms with van der Waals surface area (Å²) in [5.41, 5.74) is 2.11. The van der Waals surface area contributed by atoms with Gasteiger partial charge >= 0.3 is 0 Å². The van der Waals surface area contributed by atoms with E-state index in [0.29, 0.717) is 11.2 Å². The van der Waals surface area contributed by atoms with Gasteiger partial charge in [-0.3, -0.25) is 10.1 Å². The zero-order chi connectivity index (χ0) is 19.2. The molecule has 2 aromatic carbocycles. The van der Waals surface area contributed by atoms with Gasteiger partial charge in [0.05, 0.1) is 18.0 Å². The lowest BCUT2D eigenvalue weighted by Gasteiger charge is -2.30. The standard InChI is InChI=1S/C19H21ClN4O2S/c20-15-3-1-14(2-4-15)13-23-11-9-17(10-12-23)22-19(27)21-16-5-7-18(8-6-16)24(25)26/h1-8,17H,9-13H2,(H2,21,22,27)/p+1. The molecule has 0 saturated carbocycles. The molecule has 0 aromatic heterocycles. The lowest BCUT2D eigenvalue weighted by atomic mass is 10.0. The van der Waals surface area contributed by atoms with Gasteiger partial charge in [0.25, 0.3) is 5.69 Å². The molecule has 1 saturated heterocycles. The van der Waals surface area contributed by atoms with Crippen LogP contribution in [0.1, 0.15) is 18.4 Å². The van der Waals surface area contributed by atoms with Crippen molar-refractivity contribution in [2.45, 2.75) is 25.4 Å². The van der Waals surface area contributed by atoms with Crippen molar-refractivity contribution in [3.63, 3.8) is 0 Å². The Morgan fingerprint density at radius 2 is 1.78 bits per heavy atom. The van der Waals surface area contributed by atoms with Gasteiger partial charge in [0.1, 0.15) is 6.54 Å². The van der Waals surface area contributed by atoms with Crippen molar-refractivity contribution < 1.29 is 9.82 Å². The number of piperidine rings is 1. The number of nitro benzene ring substituents is 1. The fourth-order valence-corrected chi connectivity index (χ4v) is 3.67. The van der Waals surface area contributed by atoms with E-state index in [2.05, 4.69) is 22.8 Å². The van der Waals surface area contributed by atoms with Crippen LogP contribution in [0.4, 0.5) is 11.4 Å². The van der Waals surface area contributed by atoms with Crippen LogP contribution in [-0.4, -0.2) is 29.2 Å². The number of benzene rings is 2. The number of likely N-dealkylation sites (tertiary alicyclic amines) is 1. The molecule has 0 atom stereocenters. The third kappa shape index (κ3) is 5.89. The van der Waals surface area contributed by atoms with Gasteiger partial charge < -0.3 is 15.5 Å². The van der Waals surface area contributed by atoms with Gasteiger partial charge in [-0.05, 0) is 36.5 Å². The smallest absolute Gasteiger partial charge is 0.269 e. The van der Waals surface area contributed by atoms with Gasteiger partial charge in [-0.25, -0.2) is 0 Å². The molecule has 2 aromatic rings. The first-order valence-corrected chi connectivity index (χ1v) is 9.68. The van der Waals surface area contributed by atoms with E-state index in [4.69, 9.17) is 23.8 Å². The quantitative estimate of drug-likeness (QED) is 0.405. The number of non-ortho nitro benzene ring substituents is 1. The minimum atomic E-state index is -0.416. The van der Waals surface area contributed by atoms with E-state index in [0.717, 1.165) is 43.2 Å². The molecule has 27 heavy (non-hydrogen) atoms. The minimum Gasteiger partial charge on any atom is -0.359 e. The van der Waals surface area contributed by atoms with Crippen LogP contribution >= 0.6 is 23.8 Å². The van der Waals surface area contributed by atoms with Crippen molar-refractivity contribution in [1.82, 2.24) is 5.32 Å². The van der Waals surface area contributed by atoms with E-state index in [1.54, 1.807) is 17.0 Å². The second kappa shape index (κ2) is 9.12. The minimum absolute atomic E-state index is 0.0652. The van der Waals surface area contributed by atoms with E-state index < -0.39 is 4.92 Å². The number of quaternary nitrogens is 1. The lowest BCUT2D eigenvalue weighted by Crippen LogP contribution is -3.12. The molecule has 0 bridgehead atoms. The summed E-state index contributed by atoms with van der Waals surface area (Å²) < 4.78 is 0. The van der Waals surface area contributed by atoms with Crippen LogP contribution in [0.25, 0.3) is 0 Å². The Kier molecular flexibility index (Phi) is 6.60. The maximum atomic E-state index is 10.7. The van der Waals surface area contributed by atoms with E-state index in [1.165, 1.54) is 17.7 Å². The van der Waals surface area contributed by atoms with Crippen LogP contribution in [0.15, 0.2) is 48.5 Å². The molecule has 8 heteroatoms. The number of hydrogen-bond acceptors (Lipinski definition) is 3. The Labute approximate surface area is 168 Å². The molecule has 0 aliphatic carbocycles. The fourth-order valence-electron chi connectivity index (χ4n) is 3.26.